The molecule has 2 fully saturated rings. The molecule has 6 nitrogen and oxygen atoms in total. The number of likely N-dealkylation sites (tertiary alicyclic amines) is 1. The van der Waals surface area contributed by atoms with E-state index in [2.05, 4.69) is 4.98 Å². The number of ether oxygens (including phenoxy) is 2. The zero-order valence-electron chi connectivity index (χ0n) is 13.7. The minimum absolute atomic E-state index is 0.0681. The zero-order valence-corrected chi connectivity index (χ0v) is 13.7. The van der Waals surface area contributed by atoms with Gasteiger partial charge in [0, 0.05) is 36.8 Å². The van der Waals surface area contributed by atoms with Gasteiger partial charge < -0.3 is 24.5 Å². The van der Waals surface area contributed by atoms with Gasteiger partial charge in [0.1, 0.15) is 11.9 Å². The first-order valence-corrected chi connectivity index (χ1v) is 8.39. The molecule has 1 aromatic carbocycles. The molecule has 2 saturated heterocycles. The number of nitrogens with one attached hydrogen (secondary N) is 1. The molecule has 3 heterocycles. The fourth-order valence-electron chi connectivity index (χ4n) is 3.89. The maximum absolute atomic E-state index is 12.9. The third-order valence-electron chi connectivity index (χ3n) is 5.35. The Morgan fingerprint density at radius 3 is 3.04 bits per heavy atom. The fraction of sp³-hybridized carbons (Fsp3) is 0.500. The molecule has 0 bridgehead atoms. The summed E-state index contributed by atoms with van der Waals surface area (Å²) in [5.41, 5.74) is 1.06. The van der Waals surface area contributed by atoms with Crippen LogP contribution in [0.2, 0.25) is 0 Å². The van der Waals surface area contributed by atoms with E-state index in [-0.39, 0.29) is 5.91 Å². The van der Waals surface area contributed by atoms with Crippen LogP contribution >= 0.6 is 0 Å². The Labute approximate surface area is 140 Å². The molecule has 4 rings (SSSR count). The second kappa shape index (κ2) is 5.79. The predicted octanol–water partition coefficient (Wildman–Crippen LogP) is 1.93. The molecule has 1 amide bonds. The number of carbonyl (C=O) groups is 1. The maximum atomic E-state index is 12.9. The lowest BCUT2D eigenvalue weighted by Gasteiger charge is -2.42. The molecule has 1 aromatic heterocycles. The standard InChI is InChI=1S/C18H22N2O4/c1-23-12-3-4-15-13(9-12)14(10-19-15)17(22)20-7-6-18(16(21)11-20)5-2-8-24-18/h3-4,9-10,16,19,21H,2,5-8,11H2,1H3/t16-,18-/m0/s1. The van der Waals surface area contributed by atoms with Crippen molar-refractivity contribution in [1.82, 2.24) is 9.88 Å². The number of H-pyrrole nitrogens is 1. The molecule has 2 N–H and O–H groups in total. The lowest BCUT2D eigenvalue weighted by atomic mass is 9.86. The third kappa shape index (κ3) is 2.37. The number of aromatic amines is 1. The molecule has 0 radical (unpaired) electrons. The van der Waals surface area contributed by atoms with Crippen molar-refractivity contribution < 1.29 is 19.4 Å². The van der Waals surface area contributed by atoms with E-state index >= 15 is 0 Å². The Hall–Kier alpha value is -2.05. The number of aliphatic hydroxyl groups excluding tert-OH is 1. The number of β-amino-alcohol motifs (C(OH)–C–C–N with tert-alkyl or cyclic N) is 1. The van der Waals surface area contributed by atoms with Crippen molar-refractivity contribution >= 4 is 16.8 Å². The minimum atomic E-state index is -0.627. The maximum Gasteiger partial charge on any atom is 0.256 e. The number of hydrogen-bond acceptors (Lipinski definition) is 4. The second-order valence-electron chi connectivity index (χ2n) is 6.65. The molecule has 1 spiro atoms. The lowest BCUT2D eigenvalue weighted by molar-refractivity contribution is -0.122. The zero-order chi connectivity index (χ0) is 16.7. The summed E-state index contributed by atoms with van der Waals surface area (Å²) in [5, 5.41) is 11.4. The van der Waals surface area contributed by atoms with Crippen molar-refractivity contribution in [2.24, 2.45) is 0 Å². The smallest absolute Gasteiger partial charge is 0.256 e. The summed E-state index contributed by atoms with van der Waals surface area (Å²) in [6, 6.07) is 5.62. The first-order chi connectivity index (χ1) is 11.6. The fourth-order valence-corrected chi connectivity index (χ4v) is 3.89. The molecule has 128 valence electrons. The highest BCUT2D eigenvalue weighted by molar-refractivity contribution is 6.07. The van der Waals surface area contributed by atoms with E-state index in [9.17, 15) is 9.90 Å². The van der Waals surface area contributed by atoms with Crippen LogP contribution in [0.15, 0.2) is 24.4 Å². The SMILES string of the molecule is COc1ccc2[nH]cc(C(=O)N3CC[C@@]4(CCCO4)[C@@H](O)C3)c2c1. The summed E-state index contributed by atoms with van der Waals surface area (Å²) in [6.45, 7) is 1.62. The normalized spacial score (nSPS) is 27.1. The number of aromatic nitrogens is 1. The number of nitrogens with zero attached hydrogens (tertiary/aromatic N) is 1. The van der Waals surface area contributed by atoms with Crippen LogP contribution in [-0.2, 0) is 4.74 Å². The highest BCUT2D eigenvalue weighted by Crippen LogP contribution is 2.36. The van der Waals surface area contributed by atoms with Gasteiger partial charge in [-0.05, 0) is 37.5 Å². The molecule has 0 unspecified atom stereocenters. The Morgan fingerprint density at radius 1 is 1.46 bits per heavy atom. The number of amides is 1. The van der Waals surface area contributed by atoms with E-state index in [0.717, 1.165) is 23.7 Å². The Bertz CT molecular complexity index is 763. The van der Waals surface area contributed by atoms with Crippen molar-refractivity contribution in [3.63, 3.8) is 0 Å². The molecular weight excluding hydrogens is 308 g/mol. The summed E-state index contributed by atoms with van der Waals surface area (Å²) in [6.07, 6.45) is 3.65. The van der Waals surface area contributed by atoms with Crippen molar-refractivity contribution in [1.29, 1.82) is 0 Å². The van der Waals surface area contributed by atoms with Crippen LogP contribution in [0.1, 0.15) is 29.6 Å². The molecule has 2 aromatic rings. The van der Waals surface area contributed by atoms with Gasteiger partial charge in [0.05, 0.1) is 18.3 Å². The van der Waals surface area contributed by atoms with Crippen molar-refractivity contribution in [3.8, 4) is 5.75 Å². The number of fused-ring (bicyclic) bond motifs is 1. The van der Waals surface area contributed by atoms with Gasteiger partial charge in [-0.15, -0.1) is 0 Å². The van der Waals surface area contributed by atoms with E-state index in [4.69, 9.17) is 9.47 Å². The van der Waals surface area contributed by atoms with Gasteiger partial charge in [-0.3, -0.25) is 4.79 Å². The molecule has 24 heavy (non-hydrogen) atoms. The Morgan fingerprint density at radius 2 is 2.33 bits per heavy atom. The van der Waals surface area contributed by atoms with Crippen molar-refractivity contribution in [3.05, 3.63) is 30.0 Å². The van der Waals surface area contributed by atoms with Gasteiger partial charge in [0.25, 0.3) is 5.91 Å². The largest absolute Gasteiger partial charge is 0.497 e. The number of aliphatic hydroxyl groups is 1. The van der Waals surface area contributed by atoms with Gasteiger partial charge in [-0.25, -0.2) is 0 Å². The van der Waals surface area contributed by atoms with Crippen LogP contribution in [0.5, 0.6) is 5.75 Å². The van der Waals surface area contributed by atoms with E-state index in [0.29, 0.717) is 37.4 Å². The van der Waals surface area contributed by atoms with E-state index in [1.54, 1.807) is 18.2 Å². The van der Waals surface area contributed by atoms with Crippen LogP contribution in [0.3, 0.4) is 0 Å². The summed E-state index contributed by atoms with van der Waals surface area (Å²) in [7, 11) is 1.61. The average molecular weight is 330 g/mol. The number of methoxy groups -OCH3 is 1. The van der Waals surface area contributed by atoms with Crippen LogP contribution in [0, 0.1) is 0 Å². The number of carbonyl (C=O) groups excluding carboxylic acids is 1. The number of hydrogen-bond donors (Lipinski definition) is 2. The predicted molar refractivity (Wildman–Crippen MR) is 89.3 cm³/mol. The second-order valence-corrected chi connectivity index (χ2v) is 6.65. The monoisotopic (exact) mass is 330 g/mol. The molecule has 0 aliphatic carbocycles. The highest BCUT2D eigenvalue weighted by Gasteiger charge is 2.46. The van der Waals surface area contributed by atoms with E-state index in [1.807, 2.05) is 18.2 Å². The Kier molecular flexibility index (Phi) is 3.73. The van der Waals surface area contributed by atoms with Gasteiger partial charge in [-0.2, -0.15) is 0 Å². The van der Waals surface area contributed by atoms with Gasteiger partial charge in [-0.1, -0.05) is 0 Å². The highest BCUT2D eigenvalue weighted by atomic mass is 16.5. The minimum Gasteiger partial charge on any atom is -0.497 e. The van der Waals surface area contributed by atoms with Gasteiger partial charge in [0.15, 0.2) is 0 Å². The molecule has 2 atom stereocenters. The molecular formula is C18H22N2O4. The third-order valence-corrected chi connectivity index (χ3v) is 5.35. The molecule has 6 heteroatoms. The van der Waals surface area contributed by atoms with E-state index in [1.165, 1.54) is 0 Å². The van der Waals surface area contributed by atoms with Crippen LogP contribution in [-0.4, -0.2) is 59.4 Å². The van der Waals surface area contributed by atoms with Gasteiger partial charge in [0.2, 0.25) is 0 Å². The molecule has 0 saturated carbocycles. The molecule has 2 aliphatic rings. The van der Waals surface area contributed by atoms with Gasteiger partial charge >= 0.3 is 0 Å². The van der Waals surface area contributed by atoms with Crippen molar-refractivity contribution in [2.45, 2.75) is 31.0 Å². The number of benzene rings is 1. The number of piperidine rings is 1. The van der Waals surface area contributed by atoms with Crippen LogP contribution < -0.4 is 4.74 Å². The molecule has 2 aliphatic heterocycles. The van der Waals surface area contributed by atoms with E-state index < -0.39 is 11.7 Å². The first kappa shape index (κ1) is 15.5. The first-order valence-electron chi connectivity index (χ1n) is 8.39. The average Bonchev–Trinajstić information content (AvgIpc) is 3.24. The lowest BCUT2D eigenvalue weighted by Crippen LogP contribution is -2.56. The van der Waals surface area contributed by atoms with Crippen molar-refractivity contribution in [2.75, 3.05) is 26.8 Å². The number of rotatable bonds is 2. The summed E-state index contributed by atoms with van der Waals surface area (Å²) < 4.78 is 11.1. The topological polar surface area (TPSA) is 74.8 Å². The summed E-state index contributed by atoms with van der Waals surface area (Å²) >= 11 is 0. The van der Waals surface area contributed by atoms with Crippen LogP contribution in [0.25, 0.3) is 10.9 Å². The van der Waals surface area contributed by atoms with Crippen LogP contribution in [0.4, 0.5) is 0 Å². The quantitative estimate of drug-likeness (QED) is 0.882. The Balaban J connectivity index is 1.58. The summed E-state index contributed by atoms with van der Waals surface area (Å²) in [4.78, 5) is 17.8. The summed E-state index contributed by atoms with van der Waals surface area (Å²) in [5.74, 6) is 0.648.